The molecule has 0 radical (unpaired) electrons. The van der Waals surface area contributed by atoms with E-state index in [-0.39, 0.29) is 12.0 Å². The van der Waals surface area contributed by atoms with Crippen molar-refractivity contribution in [2.45, 2.75) is 24.3 Å². The normalized spacial score (nSPS) is 18.6. The number of benzene rings is 1. The summed E-state index contributed by atoms with van der Waals surface area (Å²) in [5, 5.41) is 13.0. The Kier molecular flexibility index (Phi) is 2.65. The van der Waals surface area contributed by atoms with Crippen LogP contribution in [0.4, 0.5) is 0 Å². The summed E-state index contributed by atoms with van der Waals surface area (Å²) in [6.45, 7) is -0.194. The van der Waals surface area contributed by atoms with Crippen LogP contribution >= 0.6 is 0 Å². The predicted octanol–water partition coefficient (Wildman–Crippen LogP) is 1.14. The molecular weight excluding hydrogens is 230 g/mol. The summed E-state index contributed by atoms with van der Waals surface area (Å²) in [4.78, 5) is 4.33. The SMILES string of the molecule is N[C@@H](CO)c1nc(C2(c3ccccc3)CC2)no1. The molecule has 2 aromatic rings. The standard InChI is InChI=1S/C13H15N3O2/c14-10(8-17)11-15-12(16-18-11)13(6-7-13)9-4-2-1-3-5-9/h1-5,10,17H,6-8,14H2/t10-/m0/s1. The van der Waals surface area contributed by atoms with Crippen molar-refractivity contribution in [3.63, 3.8) is 0 Å². The van der Waals surface area contributed by atoms with Gasteiger partial charge < -0.3 is 15.4 Å². The summed E-state index contributed by atoms with van der Waals surface area (Å²) in [5.74, 6) is 0.974. The first kappa shape index (κ1) is 11.4. The molecule has 1 atom stereocenters. The quantitative estimate of drug-likeness (QED) is 0.843. The molecule has 1 aromatic carbocycles. The van der Waals surface area contributed by atoms with Crippen LogP contribution in [0.1, 0.15) is 36.2 Å². The van der Waals surface area contributed by atoms with Gasteiger partial charge in [-0.1, -0.05) is 35.5 Å². The molecule has 5 nitrogen and oxygen atoms in total. The van der Waals surface area contributed by atoms with Gasteiger partial charge in [-0.15, -0.1) is 0 Å². The first-order valence-electron chi connectivity index (χ1n) is 6.02. The molecule has 1 aliphatic carbocycles. The molecule has 18 heavy (non-hydrogen) atoms. The molecule has 1 aliphatic rings. The summed E-state index contributed by atoms with van der Waals surface area (Å²) < 4.78 is 5.12. The Bertz CT molecular complexity index is 534. The van der Waals surface area contributed by atoms with Crippen LogP contribution in [0.3, 0.4) is 0 Å². The van der Waals surface area contributed by atoms with Gasteiger partial charge in [0.2, 0.25) is 5.89 Å². The number of rotatable bonds is 4. The topological polar surface area (TPSA) is 85.2 Å². The molecule has 94 valence electrons. The second-order valence-corrected chi connectivity index (χ2v) is 4.69. The Labute approximate surface area is 105 Å². The van der Waals surface area contributed by atoms with Gasteiger partial charge in [-0.3, -0.25) is 0 Å². The van der Waals surface area contributed by atoms with E-state index in [2.05, 4.69) is 22.3 Å². The number of aromatic nitrogens is 2. The number of hydrogen-bond acceptors (Lipinski definition) is 5. The van der Waals surface area contributed by atoms with E-state index in [0.717, 1.165) is 12.8 Å². The minimum atomic E-state index is -0.599. The first-order chi connectivity index (χ1) is 8.76. The summed E-state index contributed by atoms with van der Waals surface area (Å²) in [6, 6.07) is 9.57. The lowest BCUT2D eigenvalue weighted by atomic mass is 9.95. The van der Waals surface area contributed by atoms with Gasteiger partial charge in [-0.2, -0.15) is 4.98 Å². The maximum absolute atomic E-state index is 8.98. The Morgan fingerprint density at radius 3 is 2.67 bits per heavy atom. The van der Waals surface area contributed by atoms with E-state index < -0.39 is 6.04 Å². The van der Waals surface area contributed by atoms with Crippen molar-refractivity contribution in [1.82, 2.24) is 10.1 Å². The van der Waals surface area contributed by atoms with Crippen molar-refractivity contribution in [1.29, 1.82) is 0 Å². The molecule has 1 heterocycles. The molecule has 3 N–H and O–H groups in total. The number of nitrogens with two attached hydrogens (primary N) is 1. The molecule has 0 amide bonds. The van der Waals surface area contributed by atoms with E-state index in [1.165, 1.54) is 5.56 Å². The summed E-state index contributed by atoms with van der Waals surface area (Å²) in [5.41, 5.74) is 6.75. The van der Waals surface area contributed by atoms with Crippen LogP contribution in [0.5, 0.6) is 0 Å². The van der Waals surface area contributed by atoms with Gasteiger partial charge >= 0.3 is 0 Å². The zero-order valence-electron chi connectivity index (χ0n) is 9.91. The molecule has 1 aromatic heterocycles. The molecule has 0 aliphatic heterocycles. The fourth-order valence-electron chi connectivity index (χ4n) is 2.18. The van der Waals surface area contributed by atoms with Gasteiger partial charge in [0.05, 0.1) is 12.0 Å². The Morgan fingerprint density at radius 2 is 2.06 bits per heavy atom. The van der Waals surface area contributed by atoms with Crippen LogP contribution < -0.4 is 5.73 Å². The van der Waals surface area contributed by atoms with E-state index in [1.807, 2.05) is 18.2 Å². The largest absolute Gasteiger partial charge is 0.394 e. The van der Waals surface area contributed by atoms with Gasteiger partial charge in [-0.25, -0.2) is 0 Å². The van der Waals surface area contributed by atoms with Crippen LogP contribution in [-0.4, -0.2) is 21.9 Å². The first-order valence-corrected chi connectivity index (χ1v) is 6.02. The average molecular weight is 245 g/mol. The molecular formula is C13H15N3O2. The summed E-state index contributed by atoms with van der Waals surface area (Å²) in [7, 11) is 0. The lowest BCUT2D eigenvalue weighted by molar-refractivity contribution is 0.236. The number of aliphatic hydroxyl groups excluding tert-OH is 1. The van der Waals surface area contributed by atoms with E-state index >= 15 is 0 Å². The predicted molar refractivity (Wildman–Crippen MR) is 64.8 cm³/mol. The van der Waals surface area contributed by atoms with E-state index in [1.54, 1.807) is 0 Å². The number of nitrogens with zero attached hydrogens (tertiary/aromatic N) is 2. The van der Waals surface area contributed by atoms with E-state index in [4.69, 9.17) is 15.4 Å². The third-order valence-electron chi connectivity index (χ3n) is 3.46. The van der Waals surface area contributed by atoms with Gasteiger partial charge in [0.1, 0.15) is 6.04 Å². The third kappa shape index (κ3) is 1.72. The van der Waals surface area contributed by atoms with Crippen molar-refractivity contribution in [3.8, 4) is 0 Å². The van der Waals surface area contributed by atoms with Gasteiger partial charge in [0.25, 0.3) is 0 Å². The Balaban J connectivity index is 1.93. The lowest BCUT2D eigenvalue weighted by Crippen LogP contribution is -2.16. The molecule has 0 unspecified atom stereocenters. The third-order valence-corrected chi connectivity index (χ3v) is 3.46. The fraction of sp³-hybridized carbons (Fsp3) is 0.385. The van der Waals surface area contributed by atoms with Gasteiger partial charge in [-0.05, 0) is 18.4 Å². The van der Waals surface area contributed by atoms with Crippen molar-refractivity contribution in [3.05, 3.63) is 47.6 Å². The average Bonchev–Trinajstić information content (AvgIpc) is 3.10. The van der Waals surface area contributed by atoms with Gasteiger partial charge in [0, 0.05) is 0 Å². The maximum atomic E-state index is 8.98. The summed E-state index contributed by atoms with van der Waals surface area (Å²) in [6.07, 6.45) is 2.04. The molecule has 1 fully saturated rings. The second-order valence-electron chi connectivity index (χ2n) is 4.69. The maximum Gasteiger partial charge on any atom is 0.245 e. The van der Waals surface area contributed by atoms with Crippen LogP contribution in [0, 0.1) is 0 Å². The monoisotopic (exact) mass is 245 g/mol. The molecule has 5 heteroatoms. The summed E-state index contributed by atoms with van der Waals surface area (Å²) >= 11 is 0. The zero-order chi connectivity index (χ0) is 12.6. The zero-order valence-corrected chi connectivity index (χ0v) is 9.91. The Hall–Kier alpha value is -1.72. The molecule has 3 rings (SSSR count). The van der Waals surface area contributed by atoms with Crippen molar-refractivity contribution in [2.24, 2.45) is 5.73 Å². The molecule has 1 saturated carbocycles. The van der Waals surface area contributed by atoms with Crippen molar-refractivity contribution in [2.75, 3.05) is 6.61 Å². The van der Waals surface area contributed by atoms with Gasteiger partial charge in [0.15, 0.2) is 5.82 Å². The molecule has 0 saturated heterocycles. The minimum absolute atomic E-state index is 0.113. The van der Waals surface area contributed by atoms with Crippen LogP contribution in [-0.2, 0) is 5.41 Å². The Morgan fingerprint density at radius 1 is 1.33 bits per heavy atom. The van der Waals surface area contributed by atoms with E-state index in [9.17, 15) is 0 Å². The van der Waals surface area contributed by atoms with Crippen molar-refractivity contribution < 1.29 is 9.63 Å². The minimum Gasteiger partial charge on any atom is -0.394 e. The second kappa shape index (κ2) is 4.19. The molecule has 0 bridgehead atoms. The van der Waals surface area contributed by atoms with E-state index in [0.29, 0.717) is 11.7 Å². The smallest absolute Gasteiger partial charge is 0.245 e. The van der Waals surface area contributed by atoms with Crippen LogP contribution in [0.15, 0.2) is 34.9 Å². The van der Waals surface area contributed by atoms with Crippen LogP contribution in [0.2, 0.25) is 0 Å². The number of hydrogen-bond donors (Lipinski definition) is 2. The lowest BCUT2D eigenvalue weighted by Gasteiger charge is -2.10. The fourth-order valence-corrected chi connectivity index (χ4v) is 2.18. The highest BCUT2D eigenvalue weighted by Gasteiger charge is 2.50. The highest BCUT2D eigenvalue weighted by Crippen LogP contribution is 2.52. The van der Waals surface area contributed by atoms with Crippen molar-refractivity contribution >= 4 is 0 Å². The van der Waals surface area contributed by atoms with Crippen LogP contribution in [0.25, 0.3) is 0 Å². The number of aliphatic hydroxyl groups is 1. The highest BCUT2D eigenvalue weighted by molar-refractivity contribution is 5.38. The highest BCUT2D eigenvalue weighted by atomic mass is 16.5. The molecule has 0 spiro atoms.